The van der Waals surface area contributed by atoms with E-state index in [-0.39, 0.29) is 0 Å². The van der Waals surface area contributed by atoms with E-state index in [0.717, 1.165) is 10.3 Å². The average Bonchev–Trinajstić information content (AvgIpc) is 2.56. The summed E-state index contributed by atoms with van der Waals surface area (Å²) in [7, 11) is 0. The van der Waals surface area contributed by atoms with Crippen molar-refractivity contribution in [2.24, 2.45) is 0 Å². The van der Waals surface area contributed by atoms with Crippen LogP contribution in [0.1, 0.15) is 20.7 Å². The number of anilines is 2. The van der Waals surface area contributed by atoms with Gasteiger partial charge in [-0.25, -0.2) is 4.90 Å². The average molecular weight is 323 g/mol. The first-order valence-corrected chi connectivity index (χ1v) is 7.41. The van der Waals surface area contributed by atoms with Crippen LogP contribution in [0.3, 0.4) is 0 Å². The van der Waals surface area contributed by atoms with E-state index in [1.807, 2.05) is 12.1 Å². The molecular formula is C18H11ClN2O2. The van der Waals surface area contributed by atoms with Crippen LogP contribution in [0.2, 0.25) is 5.02 Å². The van der Waals surface area contributed by atoms with Crippen molar-refractivity contribution in [3.63, 3.8) is 0 Å². The summed E-state index contributed by atoms with van der Waals surface area (Å²) in [5, 5.41) is 1.95. The molecule has 0 spiro atoms. The smallest absolute Gasteiger partial charge is 0.266 e. The van der Waals surface area contributed by atoms with Crippen LogP contribution in [0.5, 0.6) is 0 Å². The van der Waals surface area contributed by atoms with Gasteiger partial charge in [0.05, 0.1) is 11.4 Å². The van der Waals surface area contributed by atoms with E-state index in [1.54, 1.807) is 36.4 Å². The minimum Gasteiger partial charge on any atom is -0.397 e. The summed E-state index contributed by atoms with van der Waals surface area (Å²) in [5.41, 5.74) is 7.55. The molecule has 2 amide bonds. The van der Waals surface area contributed by atoms with Gasteiger partial charge in [-0.2, -0.15) is 0 Å². The van der Waals surface area contributed by atoms with Crippen LogP contribution in [0.25, 0.3) is 10.8 Å². The van der Waals surface area contributed by atoms with Crippen molar-refractivity contribution < 1.29 is 9.59 Å². The summed E-state index contributed by atoms with van der Waals surface area (Å²) in [4.78, 5) is 26.9. The Morgan fingerprint density at radius 2 is 1.48 bits per heavy atom. The summed E-state index contributed by atoms with van der Waals surface area (Å²) in [6, 6.07) is 15.5. The lowest BCUT2D eigenvalue weighted by Gasteiger charge is -2.28. The van der Waals surface area contributed by atoms with Crippen molar-refractivity contribution in [2.45, 2.75) is 0 Å². The molecule has 3 aromatic carbocycles. The molecule has 5 heteroatoms. The molecule has 0 bridgehead atoms. The number of rotatable bonds is 1. The molecule has 3 aromatic rings. The van der Waals surface area contributed by atoms with E-state index in [0.29, 0.717) is 32.9 Å². The number of carbonyl (C=O) groups is 2. The molecule has 0 aromatic heterocycles. The molecule has 0 unspecified atom stereocenters. The summed E-state index contributed by atoms with van der Waals surface area (Å²) in [5.74, 6) is -0.790. The Morgan fingerprint density at radius 1 is 0.870 bits per heavy atom. The number of carbonyl (C=O) groups excluding carboxylic acids is 2. The Kier molecular flexibility index (Phi) is 2.89. The Bertz CT molecular complexity index is 947. The predicted molar refractivity (Wildman–Crippen MR) is 91.0 cm³/mol. The van der Waals surface area contributed by atoms with Gasteiger partial charge in [-0.1, -0.05) is 35.9 Å². The highest BCUT2D eigenvalue weighted by Gasteiger charge is 2.34. The number of benzene rings is 3. The standard InChI is InChI=1S/C18H11ClN2O2/c19-11-7-8-14(20)15(9-11)21-17(22)12-5-1-3-10-4-2-6-13(16(10)12)18(21)23/h1-9H,20H2. The van der Waals surface area contributed by atoms with Gasteiger partial charge in [-0.3, -0.25) is 9.59 Å². The summed E-state index contributed by atoms with van der Waals surface area (Å²) in [6.45, 7) is 0. The third-order valence-electron chi connectivity index (χ3n) is 4.01. The van der Waals surface area contributed by atoms with Crippen LogP contribution < -0.4 is 10.6 Å². The molecule has 1 aliphatic heterocycles. The van der Waals surface area contributed by atoms with Gasteiger partial charge in [0.15, 0.2) is 0 Å². The monoisotopic (exact) mass is 322 g/mol. The Morgan fingerprint density at radius 3 is 2.09 bits per heavy atom. The van der Waals surface area contributed by atoms with Crippen molar-refractivity contribution in [1.82, 2.24) is 0 Å². The lowest BCUT2D eigenvalue weighted by Crippen LogP contribution is -2.40. The Hall–Kier alpha value is -2.85. The minimum atomic E-state index is -0.395. The molecule has 112 valence electrons. The highest BCUT2D eigenvalue weighted by atomic mass is 35.5. The van der Waals surface area contributed by atoms with Gasteiger partial charge >= 0.3 is 0 Å². The van der Waals surface area contributed by atoms with Gasteiger partial charge in [0.25, 0.3) is 11.8 Å². The van der Waals surface area contributed by atoms with E-state index in [4.69, 9.17) is 17.3 Å². The SMILES string of the molecule is Nc1ccc(Cl)cc1N1C(=O)c2cccc3cccc(c23)C1=O. The summed E-state index contributed by atoms with van der Waals surface area (Å²) >= 11 is 6.01. The van der Waals surface area contributed by atoms with Crippen molar-refractivity contribution in [2.75, 3.05) is 10.6 Å². The van der Waals surface area contributed by atoms with Crippen molar-refractivity contribution in [1.29, 1.82) is 0 Å². The minimum absolute atomic E-state index is 0.305. The normalized spacial score (nSPS) is 13.7. The second-order valence-corrected chi connectivity index (χ2v) is 5.79. The number of hydrogen-bond donors (Lipinski definition) is 1. The number of nitrogens with two attached hydrogens (primary N) is 1. The van der Waals surface area contributed by atoms with E-state index in [9.17, 15) is 9.59 Å². The van der Waals surface area contributed by atoms with E-state index >= 15 is 0 Å². The van der Waals surface area contributed by atoms with Gasteiger partial charge in [-0.15, -0.1) is 0 Å². The van der Waals surface area contributed by atoms with Gasteiger partial charge in [0, 0.05) is 21.5 Å². The maximum Gasteiger partial charge on any atom is 0.266 e. The van der Waals surface area contributed by atoms with Gasteiger partial charge in [-0.05, 0) is 35.7 Å². The fraction of sp³-hybridized carbons (Fsp3) is 0. The summed E-state index contributed by atoms with van der Waals surface area (Å²) < 4.78 is 0. The predicted octanol–water partition coefficient (Wildman–Crippen LogP) is 3.88. The van der Waals surface area contributed by atoms with Crippen molar-refractivity contribution in [3.8, 4) is 0 Å². The molecule has 1 heterocycles. The molecule has 1 aliphatic rings. The second kappa shape index (κ2) is 4.83. The van der Waals surface area contributed by atoms with Crippen LogP contribution in [-0.4, -0.2) is 11.8 Å². The third kappa shape index (κ3) is 1.92. The number of amides is 2. The van der Waals surface area contributed by atoms with Crippen LogP contribution in [0.15, 0.2) is 54.6 Å². The Labute approximate surface area is 137 Å². The molecule has 0 radical (unpaired) electrons. The highest BCUT2D eigenvalue weighted by Crippen LogP contribution is 2.35. The number of halogens is 1. The first-order chi connectivity index (χ1) is 11.1. The second-order valence-electron chi connectivity index (χ2n) is 5.36. The molecule has 4 nitrogen and oxygen atoms in total. The number of hydrogen-bond acceptors (Lipinski definition) is 3. The first kappa shape index (κ1) is 13.8. The zero-order chi connectivity index (χ0) is 16.1. The van der Waals surface area contributed by atoms with Crippen LogP contribution in [0, 0.1) is 0 Å². The lowest BCUT2D eigenvalue weighted by molar-refractivity contribution is 0.0893. The van der Waals surface area contributed by atoms with Crippen LogP contribution in [0.4, 0.5) is 11.4 Å². The topological polar surface area (TPSA) is 63.4 Å². The van der Waals surface area contributed by atoms with Crippen LogP contribution >= 0.6 is 11.6 Å². The molecule has 0 aliphatic carbocycles. The van der Waals surface area contributed by atoms with Gasteiger partial charge in [0.1, 0.15) is 0 Å². The van der Waals surface area contributed by atoms with Gasteiger partial charge in [0.2, 0.25) is 0 Å². The van der Waals surface area contributed by atoms with E-state index in [2.05, 4.69) is 0 Å². The number of imide groups is 1. The van der Waals surface area contributed by atoms with Crippen LogP contribution in [-0.2, 0) is 0 Å². The zero-order valence-electron chi connectivity index (χ0n) is 11.9. The van der Waals surface area contributed by atoms with Crippen molar-refractivity contribution >= 4 is 45.6 Å². The molecule has 23 heavy (non-hydrogen) atoms. The molecule has 0 saturated heterocycles. The lowest BCUT2D eigenvalue weighted by atomic mass is 9.93. The largest absolute Gasteiger partial charge is 0.397 e. The zero-order valence-corrected chi connectivity index (χ0v) is 12.7. The molecule has 0 atom stereocenters. The summed E-state index contributed by atoms with van der Waals surface area (Å²) in [6.07, 6.45) is 0. The molecular weight excluding hydrogens is 312 g/mol. The van der Waals surface area contributed by atoms with E-state index in [1.165, 1.54) is 6.07 Å². The fourth-order valence-corrected chi connectivity index (χ4v) is 3.13. The quantitative estimate of drug-likeness (QED) is 0.546. The molecule has 0 fully saturated rings. The Balaban J connectivity index is 2.01. The number of nitrogens with zero attached hydrogens (tertiary/aromatic N) is 1. The van der Waals surface area contributed by atoms with E-state index < -0.39 is 11.8 Å². The fourth-order valence-electron chi connectivity index (χ4n) is 2.96. The van der Waals surface area contributed by atoms with Crippen molar-refractivity contribution in [3.05, 3.63) is 70.7 Å². The highest BCUT2D eigenvalue weighted by molar-refractivity contribution is 6.37. The number of nitrogen functional groups attached to an aromatic ring is 1. The van der Waals surface area contributed by atoms with Gasteiger partial charge < -0.3 is 5.73 Å². The first-order valence-electron chi connectivity index (χ1n) is 7.03. The molecule has 2 N–H and O–H groups in total. The third-order valence-corrected chi connectivity index (χ3v) is 4.24. The maximum absolute atomic E-state index is 12.9. The molecule has 0 saturated carbocycles. The molecule has 4 rings (SSSR count). The maximum atomic E-state index is 12.9.